The van der Waals surface area contributed by atoms with E-state index >= 15 is 0 Å². The number of benzene rings is 2. The van der Waals surface area contributed by atoms with Gasteiger partial charge < -0.3 is 10.2 Å². The van der Waals surface area contributed by atoms with Crippen LogP contribution in [0.1, 0.15) is 19.4 Å². The molecule has 0 spiro atoms. The van der Waals surface area contributed by atoms with Gasteiger partial charge in [0.2, 0.25) is 15.9 Å². The zero-order chi connectivity index (χ0) is 21.4. The minimum Gasteiger partial charge on any atom is -0.376 e. The van der Waals surface area contributed by atoms with Crippen LogP contribution in [0.25, 0.3) is 0 Å². The number of hydrogen-bond acceptors (Lipinski definition) is 5. The van der Waals surface area contributed by atoms with Crippen molar-refractivity contribution in [3.8, 4) is 0 Å². The zero-order valence-corrected chi connectivity index (χ0v) is 19.0. The first-order valence-electron chi connectivity index (χ1n) is 9.52. The smallest absolute Gasteiger partial charge is 0.243 e. The van der Waals surface area contributed by atoms with Crippen molar-refractivity contribution in [3.63, 3.8) is 0 Å². The van der Waals surface area contributed by atoms with Crippen molar-refractivity contribution in [1.29, 1.82) is 0 Å². The molecule has 158 valence electrons. The van der Waals surface area contributed by atoms with E-state index in [-0.39, 0.29) is 16.6 Å². The Morgan fingerprint density at radius 3 is 2.28 bits per heavy atom. The number of rotatable bonds is 10. The Hall–Kier alpha value is -2.03. The van der Waals surface area contributed by atoms with Gasteiger partial charge in [-0.05, 0) is 23.8 Å². The van der Waals surface area contributed by atoms with Crippen LogP contribution in [0.2, 0.25) is 0 Å². The molecule has 1 amide bonds. The van der Waals surface area contributed by atoms with Gasteiger partial charge in [-0.2, -0.15) is 4.31 Å². The molecule has 1 N–H and O–H groups in total. The van der Waals surface area contributed by atoms with Crippen molar-refractivity contribution in [1.82, 2.24) is 4.31 Å². The summed E-state index contributed by atoms with van der Waals surface area (Å²) in [6.45, 7) is 4.40. The Bertz CT molecular complexity index is 912. The maximum absolute atomic E-state index is 12.8. The SMILES string of the molecule is CCN(CC)S(=O)(=O)c1ccc(N(C)C)c(NC(=O)CSCc2ccccc2)c1. The van der Waals surface area contributed by atoms with E-state index in [1.807, 2.05) is 63.2 Å². The summed E-state index contributed by atoms with van der Waals surface area (Å²) in [5.41, 5.74) is 2.41. The molecule has 0 aliphatic heterocycles. The molecule has 2 aromatic carbocycles. The standard InChI is InChI=1S/C21H29N3O3S2/c1-5-24(6-2)29(26,27)18-12-13-20(23(3)4)19(14-18)22-21(25)16-28-15-17-10-8-7-9-11-17/h7-14H,5-6,15-16H2,1-4H3,(H,22,25). The number of hydrogen-bond donors (Lipinski definition) is 1. The number of carbonyl (C=O) groups is 1. The van der Waals surface area contributed by atoms with E-state index in [1.54, 1.807) is 18.2 Å². The summed E-state index contributed by atoms with van der Waals surface area (Å²) in [5, 5.41) is 2.88. The molecule has 0 bridgehead atoms. The lowest BCUT2D eigenvalue weighted by atomic mass is 10.2. The van der Waals surface area contributed by atoms with Crippen molar-refractivity contribution in [3.05, 3.63) is 54.1 Å². The van der Waals surface area contributed by atoms with Gasteiger partial charge in [0.05, 0.1) is 22.0 Å². The van der Waals surface area contributed by atoms with Gasteiger partial charge in [0.25, 0.3) is 0 Å². The van der Waals surface area contributed by atoms with Gasteiger partial charge in [0.1, 0.15) is 0 Å². The van der Waals surface area contributed by atoms with Crippen LogP contribution in [-0.2, 0) is 20.6 Å². The molecule has 2 rings (SSSR count). The Balaban J connectivity index is 2.16. The van der Waals surface area contributed by atoms with Gasteiger partial charge in [0, 0.05) is 32.9 Å². The lowest BCUT2D eigenvalue weighted by molar-refractivity contribution is -0.113. The van der Waals surface area contributed by atoms with Crippen molar-refractivity contribution < 1.29 is 13.2 Å². The van der Waals surface area contributed by atoms with Gasteiger partial charge in [-0.25, -0.2) is 8.42 Å². The van der Waals surface area contributed by atoms with Crippen LogP contribution in [0.4, 0.5) is 11.4 Å². The summed E-state index contributed by atoms with van der Waals surface area (Å²) in [6, 6.07) is 14.8. The molecule has 0 aromatic heterocycles. The van der Waals surface area contributed by atoms with Crippen LogP contribution in [0.15, 0.2) is 53.4 Å². The fourth-order valence-electron chi connectivity index (χ4n) is 2.90. The highest BCUT2D eigenvalue weighted by molar-refractivity contribution is 7.99. The normalized spacial score (nSPS) is 11.5. The zero-order valence-electron chi connectivity index (χ0n) is 17.4. The van der Waals surface area contributed by atoms with Crippen LogP contribution < -0.4 is 10.2 Å². The van der Waals surface area contributed by atoms with E-state index in [2.05, 4.69) is 5.32 Å². The Labute approximate surface area is 178 Å². The van der Waals surface area contributed by atoms with Crippen molar-refractivity contribution in [2.75, 3.05) is 43.2 Å². The van der Waals surface area contributed by atoms with E-state index in [4.69, 9.17) is 0 Å². The predicted molar refractivity (Wildman–Crippen MR) is 122 cm³/mol. The molecule has 8 heteroatoms. The predicted octanol–water partition coefficient (Wildman–Crippen LogP) is 3.66. The van der Waals surface area contributed by atoms with Gasteiger partial charge in [0.15, 0.2) is 0 Å². The monoisotopic (exact) mass is 435 g/mol. The summed E-state index contributed by atoms with van der Waals surface area (Å²) in [7, 11) is 0.113. The van der Waals surface area contributed by atoms with Gasteiger partial charge in [-0.1, -0.05) is 44.2 Å². The maximum Gasteiger partial charge on any atom is 0.243 e. The number of thioether (sulfide) groups is 1. The van der Waals surface area contributed by atoms with E-state index in [0.29, 0.717) is 18.8 Å². The second-order valence-corrected chi connectivity index (χ2v) is 9.61. The summed E-state index contributed by atoms with van der Waals surface area (Å²) in [5.74, 6) is 0.867. The van der Waals surface area contributed by atoms with Gasteiger partial charge in [-0.15, -0.1) is 11.8 Å². The van der Waals surface area contributed by atoms with Crippen LogP contribution in [0.5, 0.6) is 0 Å². The molecular formula is C21H29N3O3S2. The minimum absolute atomic E-state index is 0.161. The highest BCUT2D eigenvalue weighted by Gasteiger charge is 2.23. The molecule has 0 atom stereocenters. The summed E-state index contributed by atoms with van der Waals surface area (Å²) >= 11 is 1.52. The maximum atomic E-state index is 12.8. The van der Waals surface area contributed by atoms with E-state index in [9.17, 15) is 13.2 Å². The molecule has 0 unspecified atom stereocenters. The Morgan fingerprint density at radius 2 is 1.69 bits per heavy atom. The first-order valence-corrected chi connectivity index (χ1v) is 12.1. The molecule has 0 saturated heterocycles. The summed E-state index contributed by atoms with van der Waals surface area (Å²) < 4.78 is 27.1. The molecule has 0 heterocycles. The van der Waals surface area contributed by atoms with E-state index in [0.717, 1.165) is 17.0 Å². The molecule has 0 saturated carbocycles. The molecule has 0 radical (unpaired) electrons. The number of nitrogens with zero attached hydrogens (tertiary/aromatic N) is 2. The van der Waals surface area contributed by atoms with Crippen LogP contribution >= 0.6 is 11.8 Å². The van der Waals surface area contributed by atoms with Gasteiger partial charge in [-0.3, -0.25) is 4.79 Å². The fraction of sp³-hybridized carbons (Fsp3) is 0.381. The number of nitrogens with one attached hydrogen (secondary N) is 1. The molecule has 0 fully saturated rings. The molecule has 29 heavy (non-hydrogen) atoms. The quantitative estimate of drug-likeness (QED) is 0.617. The lowest BCUT2D eigenvalue weighted by Crippen LogP contribution is -2.30. The highest BCUT2D eigenvalue weighted by Crippen LogP contribution is 2.29. The van der Waals surface area contributed by atoms with E-state index < -0.39 is 10.0 Å². The summed E-state index contributed by atoms with van der Waals surface area (Å²) in [4.78, 5) is 14.5. The third kappa shape index (κ3) is 6.22. The molecular weight excluding hydrogens is 406 g/mol. The highest BCUT2D eigenvalue weighted by atomic mass is 32.2. The average molecular weight is 436 g/mol. The molecule has 2 aromatic rings. The van der Waals surface area contributed by atoms with E-state index in [1.165, 1.54) is 16.1 Å². The van der Waals surface area contributed by atoms with Crippen molar-refractivity contribution >= 4 is 39.1 Å². The van der Waals surface area contributed by atoms with Crippen LogP contribution in [-0.4, -0.2) is 51.6 Å². The first kappa shape index (κ1) is 23.3. The van der Waals surface area contributed by atoms with Crippen LogP contribution in [0, 0.1) is 0 Å². The average Bonchev–Trinajstić information content (AvgIpc) is 2.69. The third-order valence-electron chi connectivity index (χ3n) is 4.41. The Kier molecular flexibility index (Phi) is 8.55. The van der Waals surface area contributed by atoms with Crippen molar-refractivity contribution in [2.45, 2.75) is 24.5 Å². The molecule has 0 aliphatic carbocycles. The lowest BCUT2D eigenvalue weighted by Gasteiger charge is -2.22. The fourth-order valence-corrected chi connectivity index (χ4v) is 5.17. The molecule has 6 nitrogen and oxygen atoms in total. The third-order valence-corrected chi connectivity index (χ3v) is 7.46. The van der Waals surface area contributed by atoms with Crippen LogP contribution in [0.3, 0.4) is 0 Å². The Morgan fingerprint density at radius 1 is 1.03 bits per heavy atom. The number of sulfonamides is 1. The first-order chi connectivity index (χ1) is 13.8. The largest absolute Gasteiger partial charge is 0.376 e. The number of amides is 1. The number of carbonyl (C=O) groups excluding carboxylic acids is 1. The second-order valence-electron chi connectivity index (χ2n) is 6.69. The second kappa shape index (κ2) is 10.7. The topological polar surface area (TPSA) is 69.7 Å². The minimum atomic E-state index is -3.60. The summed E-state index contributed by atoms with van der Waals surface area (Å²) in [6.07, 6.45) is 0. The van der Waals surface area contributed by atoms with Gasteiger partial charge >= 0.3 is 0 Å². The molecule has 0 aliphatic rings. The van der Waals surface area contributed by atoms with Crippen molar-refractivity contribution in [2.24, 2.45) is 0 Å². The number of anilines is 2.